The molecule has 2 atom stereocenters. The van der Waals surface area contributed by atoms with Gasteiger partial charge in [-0.1, -0.05) is 6.92 Å². The summed E-state index contributed by atoms with van der Waals surface area (Å²) in [5, 5.41) is 3.61. The molecule has 0 saturated carbocycles. The van der Waals surface area contributed by atoms with Crippen molar-refractivity contribution in [3.63, 3.8) is 0 Å². The number of aromatic nitrogens is 1. The van der Waals surface area contributed by atoms with E-state index in [4.69, 9.17) is 9.47 Å². The van der Waals surface area contributed by atoms with Crippen LogP contribution in [0.25, 0.3) is 0 Å². The van der Waals surface area contributed by atoms with Gasteiger partial charge in [0.1, 0.15) is 5.75 Å². The molecule has 1 aromatic rings. The zero-order chi connectivity index (χ0) is 12.8. The van der Waals surface area contributed by atoms with Crippen LogP contribution in [0.1, 0.15) is 31.4 Å². The van der Waals surface area contributed by atoms with Crippen LogP contribution in [0.15, 0.2) is 18.5 Å². The van der Waals surface area contributed by atoms with Crippen LogP contribution < -0.4 is 10.1 Å². The van der Waals surface area contributed by atoms with Crippen molar-refractivity contribution >= 4 is 0 Å². The Balaban J connectivity index is 2.20. The highest BCUT2D eigenvalue weighted by Gasteiger charge is 2.28. The van der Waals surface area contributed by atoms with Gasteiger partial charge in [0.25, 0.3) is 0 Å². The monoisotopic (exact) mass is 250 g/mol. The lowest BCUT2D eigenvalue weighted by molar-refractivity contribution is 0.176. The van der Waals surface area contributed by atoms with Crippen LogP contribution in [-0.4, -0.2) is 31.9 Å². The van der Waals surface area contributed by atoms with Gasteiger partial charge in [-0.2, -0.15) is 0 Å². The summed E-state index contributed by atoms with van der Waals surface area (Å²) >= 11 is 0. The smallest absolute Gasteiger partial charge is 0.141 e. The second kappa shape index (κ2) is 6.71. The minimum absolute atomic E-state index is 0.297. The van der Waals surface area contributed by atoms with Gasteiger partial charge >= 0.3 is 0 Å². The largest absolute Gasteiger partial charge is 0.495 e. The van der Waals surface area contributed by atoms with Crippen LogP contribution in [0.3, 0.4) is 0 Å². The Morgan fingerprint density at radius 1 is 1.61 bits per heavy atom. The van der Waals surface area contributed by atoms with Gasteiger partial charge < -0.3 is 14.8 Å². The molecule has 0 aromatic carbocycles. The highest BCUT2D eigenvalue weighted by Crippen LogP contribution is 2.33. The van der Waals surface area contributed by atoms with E-state index < -0.39 is 0 Å². The summed E-state index contributed by atoms with van der Waals surface area (Å²) in [5.74, 6) is 1.38. The number of rotatable bonds is 6. The number of nitrogens with zero attached hydrogens (tertiary/aromatic N) is 1. The lowest BCUT2D eigenvalue weighted by Crippen LogP contribution is -2.29. The van der Waals surface area contributed by atoms with Crippen molar-refractivity contribution in [1.29, 1.82) is 0 Å². The summed E-state index contributed by atoms with van der Waals surface area (Å²) in [6, 6.07) is 2.34. The van der Waals surface area contributed by atoms with Crippen molar-refractivity contribution < 1.29 is 9.47 Å². The fraction of sp³-hybridized carbons (Fsp3) is 0.643. The zero-order valence-corrected chi connectivity index (χ0v) is 11.2. The Kier molecular flexibility index (Phi) is 4.96. The van der Waals surface area contributed by atoms with Gasteiger partial charge in [0.05, 0.1) is 19.9 Å². The molecular weight excluding hydrogens is 228 g/mol. The quantitative estimate of drug-likeness (QED) is 0.840. The third kappa shape index (κ3) is 3.00. The predicted molar refractivity (Wildman–Crippen MR) is 70.7 cm³/mol. The Bertz CT molecular complexity index is 365. The van der Waals surface area contributed by atoms with Crippen molar-refractivity contribution in [2.75, 3.05) is 26.9 Å². The Labute approximate surface area is 109 Å². The Morgan fingerprint density at radius 2 is 2.50 bits per heavy atom. The van der Waals surface area contributed by atoms with Crippen molar-refractivity contribution in [3.8, 4) is 5.75 Å². The molecule has 2 rings (SSSR count). The first-order chi connectivity index (χ1) is 8.86. The van der Waals surface area contributed by atoms with Gasteiger partial charge in [0.15, 0.2) is 0 Å². The van der Waals surface area contributed by atoms with Gasteiger partial charge in [-0.05, 0) is 25.5 Å². The van der Waals surface area contributed by atoms with E-state index >= 15 is 0 Å². The van der Waals surface area contributed by atoms with Crippen LogP contribution in [-0.2, 0) is 4.74 Å². The first-order valence-electron chi connectivity index (χ1n) is 6.65. The van der Waals surface area contributed by atoms with Crippen molar-refractivity contribution in [2.45, 2.75) is 25.8 Å². The second-order valence-corrected chi connectivity index (χ2v) is 4.67. The van der Waals surface area contributed by atoms with E-state index in [9.17, 15) is 0 Å². The maximum Gasteiger partial charge on any atom is 0.141 e. The summed E-state index contributed by atoms with van der Waals surface area (Å²) in [5.41, 5.74) is 1.19. The molecule has 1 saturated heterocycles. The van der Waals surface area contributed by atoms with Gasteiger partial charge in [-0.15, -0.1) is 0 Å². The minimum Gasteiger partial charge on any atom is -0.495 e. The van der Waals surface area contributed by atoms with Gasteiger partial charge in [0.2, 0.25) is 0 Å². The summed E-state index contributed by atoms with van der Waals surface area (Å²) < 4.78 is 10.9. The molecule has 4 nitrogen and oxygen atoms in total. The Hall–Kier alpha value is -1.13. The van der Waals surface area contributed by atoms with Crippen molar-refractivity contribution in [1.82, 2.24) is 10.3 Å². The SMILES string of the molecule is CCCNC(c1ccncc1OC)C1CCOC1. The molecule has 0 aliphatic carbocycles. The fourth-order valence-electron chi connectivity index (χ4n) is 2.46. The third-order valence-corrected chi connectivity index (χ3v) is 3.42. The molecule has 2 unspecified atom stereocenters. The topological polar surface area (TPSA) is 43.4 Å². The summed E-state index contributed by atoms with van der Waals surface area (Å²) in [4.78, 5) is 4.12. The van der Waals surface area contributed by atoms with E-state index in [1.165, 1.54) is 5.56 Å². The molecule has 18 heavy (non-hydrogen) atoms. The molecule has 0 bridgehead atoms. The summed E-state index contributed by atoms with van der Waals surface area (Å²) in [6.45, 7) is 4.88. The van der Waals surface area contributed by atoms with Crippen molar-refractivity contribution in [2.24, 2.45) is 5.92 Å². The molecule has 4 heteroatoms. The number of ether oxygens (including phenoxy) is 2. The molecule has 0 amide bonds. The maximum atomic E-state index is 5.52. The predicted octanol–water partition coefficient (Wildman–Crippen LogP) is 2.17. The van der Waals surface area contributed by atoms with E-state index in [0.717, 1.165) is 38.3 Å². The summed E-state index contributed by atoms with van der Waals surface area (Å²) in [7, 11) is 1.70. The van der Waals surface area contributed by atoms with Crippen LogP contribution in [0.5, 0.6) is 5.75 Å². The van der Waals surface area contributed by atoms with Crippen LogP contribution in [0.2, 0.25) is 0 Å². The van der Waals surface area contributed by atoms with E-state index in [0.29, 0.717) is 12.0 Å². The lowest BCUT2D eigenvalue weighted by atomic mass is 9.92. The molecule has 2 heterocycles. The maximum absolute atomic E-state index is 5.52. The normalized spacial score (nSPS) is 20.9. The first kappa shape index (κ1) is 13.3. The molecule has 1 fully saturated rings. The van der Waals surface area contributed by atoms with Crippen LogP contribution in [0, 0.1) is 5.92 Å². The lowest BCUT2D eigenvalue weighted by Gasteiger charge is -2.25. The molecule has 1 aromatic heterocycles. The average Bonchev–Trinajstić information content (AvgIpc) is 2.94. The highest BCUT2D eigenvalue weighted by atomic mass is 16.5. The molecule has 1 aliphatic heterocycles. The highest BCUT2D eigenvalue weighted by molar-refractivity contribution is 5.33. The molecule has 1 N–H and O–H groups in total. The number of pyridine rings is 1. The fourth-order valence-corrected chi connectivity index (χ4v) is 2.46. The van der Waals surface area contributed by atoms with E-state index in [1.54, 1.807) is 13.3 Å². The van der Waals surface area contributed by atoms with E-state index in [1.807, 2.05) is 12.3 Å². The molecule has 1 aliphatic rings. The first-order valence-corrected chi connectivity index (χ1v) is 6.65. The van der Waals surface area contributed by atoms with Crippen molar-refractivity contribution in [3.05, 3.63) is 24.0 Å². The molecular formula is C14H22N2O2. The number of hydrogen-bond acceptors (Lipinski definition) is 4. The molecule has 0 radical (unpaired) electrons. The van der Waals surface area contributed by atoms with Gasteiger partial charge in [-0.3, -0.25) is 4.98 Å². The van der Waals surface area contributed by atoms with Gasteiger partial charge in [-0.25, -0.2) is 0 Å². The van der Waals surface area contributed by atoms with Crippen LogP contribution >= 0.6 is 0 Å². The minimum atomic E-state index is 0.297. The molecule has 100 valence electrons. The third-order valence-electron chi connectivity index (χ3n) is 3.42. The van der Waals surface area contributed by atoms with Crippen LogP contribution in [0.4, 0.5) is 0 Å². The zero-order valence-electron chi connectivity index (χ0n) is 11.2. The van der Waals surface area contributed by atoms with E-state index in [-0.39, 0.29) is 0 Å². The number of hydrogen-bond donors (Lipinski definition) is 1. The molecule has 0 spiro atoms. The number of methoxy groups -OCH3 is 1. The second-order valence-electron chi connectivity index (χ2n) is 4.67. The van der Waals surface area contributed by atoms with Gasteiger partial charge in [0, 0.05) is 30.3 Å². The Morgan fingerprint density at radius 3 is 3.17 bits per heavy atom. The number of nitrogens with one attached hydrogen (secondary N) is 1. The van der Waals surface area contributed by atoms with E-state index in [2.05, 4.69) is 17.2 Å². The summed E-state index contributed by atoms with van der Waals surface area (Å²) in [6.07, 6.45) is 5.84. The average molecular weight is 250 g/mol. The standard InChI is InChI=1S/C14H22N2O2/c1-3-6-16-14(11-5-8-18-10-11)12-4-7-15-9-13(12)17-2/h4,7,9,11,14,16H,3,5-6,8,10H2,1-2H3.